The van der Waals surface area contributed by atoms with Crippen LogP contribution in [0.3, 0.4) is 0 Å². The monoisotopic (exact) mass is 340 g/mol. The van der Waals surface area contributed by atoms with E-state index in [-0.39, 0.29) is 12.3 Å². The van der Waals surface area contributed by atoms with Crippen molar-refractivity contribution >= 4 is 23.0 Å². The van der Waals surface area contributed by atoms with Gasteiger partial charge < -0.3 is 4.57 Å². The summed E-state index contributed by atoms with van der Waals surface area (Å²) < 4.78 is 14.5. The van der Waals surface area contributed by atoms with Crippen molar-refractivity contribution < 1.29 is 14.0 Å². The van der Waals surface area contributed by atoms with Crippen molar-refractivity contribution in [3.8, 4) is 0 Å². The molecule has 120 valence electrons. The highest BCUT2D eigenvalue weighted by Crippen LogP contribution is 2.05. The fourth-order valence-corrected chi connectivity index (χ4v) is 2.85. The Morgan fingerprint density at radius 2 is 1.71 bits per heavy atom. The first kappa shape index (κ1) is 16.0. The molecule has 0 saturated carbocycles. The van der Waals surface area contributed by atoms with E-state index in [4.69, 9.17) is 0 Å². The van der Waals surface area contributed by atoms with E-state index in [1.165, 1.54) is 35.6 Å². The third kappa shape index (κ3) is 3.72. The molecule has 0 aliphatic rings. The molecule has 6 heteroatoms. The Morgan fingerprint density at radius 1 is 1.00 bits per heavy atom. The third-order valence-electron chi connectivity index (χ3n) is 3.36. The van der Waals surface area contributed by atoms with Crippen molar-refractivity contribution in [1.29, 1.82) is 0 Å². The molecule has 0 unspecified atom stereocenters. The molecule has 24 heavy (non-hydrogen) atoms. The van der Waals surface area contributed by atoms with E-state index in [2.05, 4.69) is 4.99 Å². The van der Waals surface area contributed by atoms with Crippen LogP contribution in [0.1, 0.15) is 20.7 Å². The minimum atomic E-state index is -0.474. The molecule has 0 atom stereocenters. The van der Waals surface area contributed by atoms with Crippen LogP contribution in [-0.2, 0) is 6.54 Å². The molecule has 0 saturated heterocycles. The summed E-state index contributed by atoms with van der Waals surface area (Å²) in [6.07, 6.45) is 1.71. The fraction of sp³-hybridized carbons (Fsp3) is 0.0556. The summed E-state index contributed by atoms with van der Waals surface area (Å²) >= 11 is 1.26. The van der Waals surface area contributed by atoms with Crippen LogP contribution in [0.4, 0.5) is 4.39 Å². The molecule has 2 aromatic carbocycles. The quantitative estimate of drug-likeness (QED) is 0.684. The number of rotatable bonds is 4. The van der Waals surface area contributed by atoms with Crippen molar-refractivity contribution in [3.63, 3.8) is 0 Å². The van der Waals surface area contributed by atoms with E-state index in [9.17, 15) is 14.0 Å². The number of hydrogen-bond acceptors (Lipinski definition) is 3. The van der Waals surface area contributed by atoms with Gasteiger partial charge in [-0.2, -0.15) is 4.99 Å². The first-order valence-electron chi connectivity index (χ1n) is 7.20. The van der Waals surface area contributed by atoms with E-state index in [1.807, 2.05) is 6.07 Å². The van der Waals surface area contributed by atoms with Gasteiger partial charge in [0.2, 0.25) is 0 Å². The number of amides is 1. The molecule has 0 aliphatic heterocycles. The Balaban J connectivity index is 1.83. The number of Topliss-reactive ketones (excluding diaryl/α,β-unsaturated/α-hetero) is 1. The number of nitrogens with zero attached hydrogens (tertiary/aromatic N) is 2. The summed E-state index contributed by atoms with van der Waals surface area (Å²) in [4.78, 5) is 28.9. The van der Waals surface area contributed by atoms with Crippen LogP contribution in [0.5, 0.6) is 0 Å². The number of halogens is 1. The van der Waals surface area contributed by atoms with Gasteiger partial charge in [-0.3, -0.25) is 9.59 Å². The molecule has 1 aromatic heterocycles. The second-order valence-electron chi connectivity index (χ2n) is 5.03. The summed E-state index contributed by atoms with van der Waals surface area (Å²) in [7, 11) is 0. The molecule has 3 rings (SSSR count). The number of ketones is 1. The summed E-state index contributed by atoms with van der Waals surface area (Å²) in [5.41, 5.74) is 0.901. The highest BCUT2D eigenvalue weighted by Gasteiger charge is 2.09. The largest absolute Gasteiger partial charge is 0.316 e. The molecule has 1 heterocycles. The molecule has 0 radical (unpaired) electrons. The first-order valence-corrected chi connectivity index (χ1v) is 8.08. The van der Waals surface area contributed by atoms with Crippen LogP contribution in [0.25, 0.3) is 0 Å². The lowest BCUT2D eigenvalue weighted by molar-refractivity contribution is 0.0963. The molecule has 0 spiro atoms. The van der Waals surface area contributed by atoms with Gasteiger partial charge in [0, 0.05) is 22.7 Å². The van der Waals surface area contributed by atoms with Crippen molar-refractivity contribution in [3.05, 3.63) is 87.9 Å². The Labute approximate surface area is 141 Å². The SMILES string of the molecule is O=C(Cn1ccsc1=NC(=O)c1ccc(F)cc1)c1ccccc1. The number of thiazole rings is 1. The number of hydrogen-bond donors (Lipinski definition) is 0. The maximum absolute atomic E-state index is 12.9. The lowest BCUT2D eigenvalue weighted by atomic mass is 10.1. The molecular formula is C18H13FN2O2S. The summed E-state index contributed by atoms with van der Waals surface area (Å²) in [5.74, 6) is -0.950. The maximum atomic E-state index is 12.9. The topological polar surface area (TPSA) is 51.4 Å². The zero-order valence-corrected chi connectivity index (χ0v) is 13.4. The van der Waals surface area contributed by atoms with Gasteiger partial charge in [0.15, 0.2) is 10.6 Å². The predicted octanol–water partition coefficient (Wildman–Crippen LogP) is 3.31. The van der Waals surface area contributed by atoms with Crippen molar-refractivity contribution in [1.82, 2.24) is 4.57 Å². The molecule has 0 aliphatic carbocycles. The molecule has 0 bridgehead atoms. The predicted molar refractivity (Wildman–Crippen MR) is 89.4 cm³/mol. The third-order valence-corrected chi connectivity index (χ3v) is 4.15. The van der Waals surface area contributed by atoms with Crippen molar-refractivity contribution in [2.24, 2.45) is 4.99 Å². The van der Waals surface area contributed by atoms with E-state index in [0.29, 0.717) is 15.9 Å². The number of benzene rings is 2. The van der Waals surface area contributed by atoms with Gasteiger partial charge in [0.05, 0.1) is 6.54 Å². The second kappa shape index (κ2) is 7.14. The summed E-state index contributed by atoms with van der Waals surface area (Å²) in [5, 5.41) is 1.76. The van der Waals surface area contributed by atoms with Gasteiger partial charge in [-0.25, -0.2) is 4.39 Å². The van der Waals surface area contributed by atoms with Gasteiger partial charge in [-0.15, -0.1) is 11.3 Å². The standard InChI is InChI=1S/C18H13FN2O2S/c19-15-8-6-14(7-9-15)17(23)20-18-21(10-11-24-18)12-16(22)13-4-2-1-3-5-13/h1-11H,12H2. The lowest BCUT2D eigenvalue weighted by Gasteiger charge is -2.02. The highest BCUT2D eigenvalue weighted by atomic mass is 32.1. The molecule has 0 fully saturated rings. The van der Waals surface area contributed by atoms with Crippen LogP contribution in [0, 0.1) is 5.82 Å². The van der Waals surface area contributed by atoms with Crippen molar-refractivity contribution in [2.75, 3.05) is 0 Å². The lowest BCUT2D eigenvalue weighted by Crippen LogP contribution is -2.21. The average molecular weight is 340 g/mol. The van der Waals surface area contributed by atoms with E-state index in [0.717, 1.165) is 0 Å². The minimum Gasteiger partial charge on any atom is -0.316 e. The van der Waals surface area contributed by atoms with Crippen LogP contribution in [0.2, 0.25) is 0 Å². The first-order chi connectivity index (χ1) is 11.6. The van der Waals surface area contributed by atoms with Gasteiger partial charge in [-0.05, 0) is 24.3 Å². The van der Waals surface area contributed by atoms with Gasteiger partial charge in [0.25, 0.3) is 5.91 Å². The zero-order chi connectivity index (χ0) is 16.9. The van der Waals surface area contributed by atoms with Crippen LogP contribution in [0.15, 0.2) is 71.2 Å². The van der Waals surface area contributed by atoms with Crippen molar-refractivity contribution in [2.45, 2.75) is 6.54 Å². The maximum Gasteiger partial charge on any atom is 0.279 e. The molecule has 1 amide bonds. The number of aromatic nitrogens is 1. The summed E-state index contributed by atoms with van der Waals surface area (Å²) in [6.45, 7) is 0.100. The Bertz CT molecular complexity index is 927. The highest BCUT2D eigenvalue weighted by molar-refractivity contribution is 7.07. The smallest absolute Gasteiger partial charge is 0.279 e. The minimum absolute atomic E-state index is 0.0651. The molecular weight excluding hydrogens is 327 g/mol. The van der Waals surface area contributed by atoms with E-state index < -0.39 is 11.7 Å². The Hall–Kier alpha value is -2.86. The molecule has 0 N–H and O–H groups in total. The summed E-state index contributed by atoms with van der Waals surface area (Å²) in [6, 6.07) is 14.1. The Morgan fingerprint density at radius 3 is 2.42 bits per heavy atom. The zero-order valence-electron chi connectivity index (χ0n) is 12.6. The second-order valence-corrected chi connectivity index (χ2v) is 5.90. The van der Waals surface area contributed by atoms with Crippen LogP contribution in [-0.4, -0.2) is 16.3 Å². The van der Waals surface area contributed by atoms with Gasteiger partial charge in [0.1, 0.15) is 5.82 Å². The molecule has 3 aromatic rings. The van der Waals surface area contributed by atoms with Gasteiger partial charge in [-0.1, -0.05) is 30.3 Å². The molecule has 4 nitrogen and oxygen atoms in total. The van der Waals surface area contributed by atoms with Crippen LogP contribution >= 0.6 is 11.3 Å². The van der Waals surface area contributed by atoms with E-state index in [1.54, 1.807) is 40.4 Å². The number of carbonyl (C=O) groups excluding carboxylic acids is 2. The normalized spacial score (nSPS) is 11.5. The Kier molecular flexibility index (Phi) is 4.77. The van der Waals surface area contributed by atoms with E-state index >= 15 is 0 Å². The fourth-order valence-electron chi connectivity index (χ4n) is 2.12. The number of carbonyl (C=O) groups is 2. The van der Waals surface area contributed by atoms with Gasteiger partial charge >= 0.3 is 0 Å². The average Bonchev–Trinajstić information content (AvgIpc) is 3.03. The van der Waals surface area contributed by atoms with Crippen LogP contribution < -0.4 is 4.80 Å².